The summed E-state index contributed by atoms with van der Waals surface area (Å²) in [6.07, 6.45) is 7.02. The average molecular weight is 461 g/mol. The zero-order chi connectivity index (χ0) is 23.8. The number of ether oxygens (including phenoxy) is 1. The number of hydrogen-bond donors (Lipinski definition) is 2. The van der Waals surface area contributed by atoms with Crippen LogP contribution in [-0.2, 0) is 16.1 Å². The van der Waals surface area contributed by atoms with Crippen LogP contribution in [-0.4, -0.2) is 54.6 Å². The molecule has 1 aromatic carbocycles. The van der Waals surface area contributed by atoms with Gasteiger partial charge >= 0.3 is 5.97 Å². The van der Waals surface area contributed by atoms with E-state index in [9.17, 15) is 14.9 Å². The standard InChI is InChI=1S/C25H40N4O4/c1-18(2)14-23(25(30)33-21-6-4-5-7-21)27-17-20-8-9-22(24(15-20)29(31)32)26-16-19-10-12-28(3)13-11-19/h8-9,15,18-19,21,23,26-27H,4-7,10-14,16-17H2,1-3H3/t23-/m0/s1. The van der Waals surface area contributed by atoms with Gasteiger partial charge in [-0.3, -0.25) is 14.9 Å². The highest BCUT2D eigenvalue weighted by Crippen LogP contribution is 2.27. The predicted molar refractivity (Wildman–Crippen MR) is 130 cm³/mol. The summed E-state index contributed by atoms with van der Waals surface area (Å²) in [6, 6.07) is 4.88. The molecule has 8 heteroatoms. The molecule has 0 radical (unpaired) electrons. The SMILES string of the molecule is CC(C)C[C@H](NCc1ccc(NCC2CCN(C)CC2)c([N+](=O)[O-])c1)C(=O)OC1CCCC1. The number of nitro benzene ring substituents is 1. The van der Waals surface area contributed by atoms with E-state index in [1.165, 1.54) is 0 Å². The number of nitro groups is 1. The van der Waals surface area contributed by atoms with Crippen LogP contribution in [0.25, 0.3) is 0 Å². The van der Waals surface area contributed by atoms with Crippen LogP contribution in [0.15, 0.2) is 18.2 Å². The van der Waals surface area contributed by atoms with E-state index in [2.05, 4.69) is 36.4 Å². The molecule has 1 heterocycles. The maximum Gasteiger partial charge on any atom is 0.323 e. The van der Waals surface area contributed by atoms with E-state index >= 15 is 0 Å². The highest BCUT2D eigenvalue weighted by molar-refractivity contribution is 5.76. The molecule has 0 spiro atoms. The molecule has 2 aliphatic rings. The lowest BCUT2D eigenvalue weighted by Crippen LogP contribution is -2.40. The van der Waals surface area contributed by atoms with Crippen molar-refractivity contribution >= 4 is 17.3 Å². The van der Waals surface area contributed by atoms with Crippen molar-refractivity contribution < 1.29 is 14.5 Å². The molecule has 1 atom stereocenters. The first-order chi connectivity index (χ1) is 15.8. The first-order valence-corrected chi connectivity index (χ1v) is 12.5. The number of hydrogen-bond acceptors (Lipinski definition) is 7. The Hall–Kier alpha value is -2.19. The Labute approximate surface area is 197 Å². The molecule has 1 aliphatic heterocycles. The van der Waals surface area contributed by atoms with Crippen molar-refractivity contribution in [3.05, 3.63) is 33.9 Å². The third-order valence-corrected chi connectivity index (χ3v) is 6.81. The van der Waals surface area contributed by atoms with Gasteiger partial charge < -0.3 is 20.3 Å². The fraction of sp³-hybridized carbons (Fsp3) is 0.720. The summed E-state index contributed by atoms with van der Waals surface area (Å²) >= 11 is 0. The number of piperidine rings is 1. The van der Waals surface area contributed by atoms with Crippen molar-refractivity contribution in [1.29, 1.82) is 0 Å². The van der Waals surface area contributed by atoms with E-state index in [1.807, 2.05) is 6.07 Å². The summed E-state index contributed by atoms with van der Waals surface area (Å²) in [5.41, 5.74) is 1.42. The van der Waals surface area contributed by atoms with Crippen molar-refractivity contribution in [2.75, 3.05) is 32.0 Å². The van der Waals surface area contributed by atoms with Crippen molar-refractivity contribution in [1.82, 2.24) is 10.2 Å². The first kappa shape index (κ1) is 25.4. The lowest BCUT2D eigenvalue weighted by molar-refractivity contribution is -0.384. The minimum absolute atomic E-state index is 0.0324. The summed E-state index contributed by atoms with van der Waals surface area (Å²) in [5.74, 6) is 0.658. The maximum atomic E-state index is 12.7. The van der Waals surface area contributed by atoms with E-state index in [0.717, 1.165) is 63.7 Å². The van der Waals surface area contributed by atoms with Crippen LogP contribution in [0.2, 0.25) is 0 Å². The number of nitrogens with one attached hydrogen (secondary N) is 2. The van der Waals surface area contributed by atoms with Gasteiger partial charge in [0.2, 0.25) is 0 Å². The van der Waals surface area contributed by atoms with Gasteiger partial charge in [0.25, 0.3) is 5.69 Å². The molecule has 2 N–H and O–H groups in total. The highest BCUT2D eigenvalue weighted by atomic mass is 16.6. The molecule has 1 saturated heterocycles. The third kappa shape index (κ3) is 7.96. The topological polar surface area (TPSA) is 96.7 Å². The molecule has 1 aliphatic carbocycles. The molecule has 8 nitrogen and oxygen atoms in total. The lowest BCUT2D eigenvalue weighted by Gasteiger charge is -2.29. The van der Waals surface area contributed by atoms with Gasteiger partial charge in [-0.05, 0) is 88.5 Å². The summed E-state index contributed by atoms with van der Waals surface area (Å²) in [4.78, 5) is 26.4. The molecule has 184 valence electrons. The smallest absolute Gasteiger partial charge is 0.323 e. The van der Waals surface area contributed by atoms with Gasteiger partial charge in [-0.2, -0.15) is 0 Å². The fourth-order valence-electron chi connectivity index (χ4n) is 4.74. The zero-order valence-corrected chi connectivity index (χ0v) is 20.3. The molecule has 0 unspecified atom stereocenters. The summed E-state index contributed by atoms with van der Waals surface area (Å²) in [5, 5.41) is 18.3. The summed E-state index contributed by atoms with van der Waals surface area (Å²) in [7, 11) is 2.13. The predicted octanol–water partition coefficient (Wildman–Crippen LogP) is 4.34. The Morgan fingerprint density at radius 3 is 2.55 bits per heavy atom. The number of carbonyl (C=O) groups is 1. The van der Waals surface area contributed by atoms with Crippen LogP contribution >= 0.6 is 0 Å². The fourth-order valence-corrected chi connectivity index (χ4v) is 4.74. The van der Waals surface area contributed by atoms with Gasteiger partial charge in [-0.15, -0.1) is 0 Å². The number of carbonyl (C=O) groups excluding carboxylic acids is 1. The number of rotatable bonds is 11. The van der Waals surface area contributed by atoms with Gasteiger partial charge in [0.05, 0.1) is 4.92 Å². The van der Waals surface area contributed by atoms with E-state index < -0.39 is 6.04 Å². The molecular formula is C25H40N4O4. The van der Waals surface area contributed by atoms with Crippen LogP contribution in [0.5, 0.6) is 0 Å². The zero-order valence-electron chi connectivity index (χ0n) is 20.3. The van der Waals surface area contributed by atoms with Crippen molar-refractivity contribution in [3.63, 3.8) is 0 Å². The molecule has 0 bridgehead atoms. The Morgan fingerprint density at radius 1 is 1.21 bits per heavy atom. The molecule has 1 saturated carbocycles. The van der Waals surface area contributed by atoms with Crippen LogP contribution in [0.4, 0.5) is 11.4 Å². The lowest BCUT2D eigenvalue weighted by atomic mass is 9.97. The molecule has 1 aromatic rings. The van der Waals surface area contributed by atoms with Crippen molar-refractivity contribution in [2.24, 2.45) is 11.8 Å². The van der Waals surface area contributed by atoms with Crippen LogP contribution < -0.4 is 10.6 Å². The Bertz CT molecular complexity index is 787. The van der Waals surface area contributed by atoms with Gasteiger partial charge in [0.1, 0.15) is 17.8 Å². The minimum atomic E-state index is -0.410. The van der Waals surface area contributed by atoms with Gasteiger partial charge in [-0.25, -0.2) is 0 Å². The second kappa shape index (κ2) is 12.3. The van der Waals surface area contributed by atoms with E-state index in [-0.39, 0.29) is 22.7 Å². The van der Waals surface area contributed by atoms with E-state index in [0.29, 0.717) is 30.5 Å². The maximum absolute atomic E-state index is 12.7. The average Bonchev–Trinajstić information content (AvgIpc) is 3.29. The second-order valence-corrected chi connectivity index (χ2v) is 10.1. The largest absolute Gasteiger partial charge is 0.461 e. The number of likely N-dealkylation sites (tertiary alicyclic amines) is 1. The number of anilines is 1. The molecule has 0 aromatic heterocycles. The quantitative estimate of drug-likeness (QED) is 0.288. The number of nitrogens with zero attached hydrogens (tertiary/aromatic N) is 2. The van der Waals surface area contributed by atoms with Crippen LogP contribution in [0.3, 0.4) is 0 Å². The first-order valence-electron chi connectivity index (χ1n) is 12.5. The Morgan fingerprint density at radius 2 is 1.91 bits per heavy atom. The molecule has 3 rings (SSSR count). The van der Waals surface area contributed by atoms with Gasteiger partial charge in [0, 0.05) is 19.2 Å². The van der Waals surface area contributed by atoms with Crippen LogP contribution in [0, 0.1) is 22.0 Å². The third-order valence-electron chi connectivity index (χ3n) is 6.81. The molecule has 33 heavy (non-hydrogen) atoms. The molecular weight excluding hydrogens is 420 g/mol. The van der Waals surface area contributed by atoms with E-state index in [4.69, 9.17) is 4.74 Å². The Balaban J connectivity index is 1.59. The summed E-state index contributed by atoms with van der Waals surface area (Å²) < 4.78 is 5.72. The van der Waals surface area contributed by atoms with Gasteiger partial charge in [-0.1, -0.05) is 19.9 Å². The minimum Gasteiger partial charge on any atom is -0.461 e. The molecule has 2 fully saturated rings. The van der Waals surface area contributed by atoms with Crippen LogP contribution in [0.1, 0.15) is 64.4 Å². The monoisotopic (exact) mass is 460 g/mol. The number of benzene rings is 1. The van der Waals surface area contributed by atoms with Crippen molar-refractivity contribution in [2.45, 2.75) is 77.5 Å². The van der Waals surface area contributed by atoms with Gasteiger partial charge in [0.15, 0.2) is 0 Å². The molecule has 0 amide bonds. The number of esters is 1. The highest BCUT2D eigenvalue weighted by Gasteiger charge is 2.26. The normalized spacial score (nSPS) is 19.0. The Kier molecular flexibility index (Phi) is 9.50. The second-order valence-electron chi connectivity index (χ2n) is 10.1. The summed E-state index contributed by atoms with van der Waals surface area (Å²) in [6.45, 7) is 7.42. The van der Waals surface area contributed by atoms with E-state index in [1.54, 1.807) is 12.1 Å². The van der Waals surface area contributed by atoms with Crippen molar-refractivity contribution in [3.8, 4) is 0 Å².